The first-order chi connectivity index (χ1) is 12.0. The molecule has 25 heavy (non-hydrogen) atoms. The molecule has 1 aliphatic rings. The first-order valence-electron chi connectivity index (χ1n) is 8.98. The van der Waals surface area contributed by atoms with Crippen molar-refractivity contribution in [3.63, 3.8) is 0 Å². The quantitative estimate of drug-likeness (QED) is 0.658. The number of hydrogen-bond acceptors (Lipinski definition) is 5. The highest BCUT2D eigenvalue weighted by molar-refractivity contribution is 5.97. The minimum absolute atomic E-state index is 0.0399. The summed E-state index contributed by atoms with van der Waals surface area (Å²) in [6.07, 6.45) is 3.56. The maximum absolute atomic E-state index is 12.4. The maximum atomic E-state index is 12.4. The summed E-state index contributed by atoms with van der Waals surface area (Å²) in [5.74, 6) is -0.364. The van der Waals surface area contributed by atoms with Gasteiger partial charge < -0.3 is 20.5 Å². The Kier molecular flexibility index (Phi) is 7.25. The molecule has 0 aliphatic heterocycles. The third-order valence-corrected chi connectivity index (χ3v) is 4.67. The van der Waals surface area contributed by atoms with Gasteiger partial charge in [0.1, 0.15) is 0 Å². The lowest BCUT2D eigenvalue weighted by atomic mass is 9.86. The number of anilines is 1. The van der Waals surface area contributed by atoms with E-state index >= 15 is 0 Å². The number of amides is 1. The van der Waals surface area contributed by atoms with Gasteiger partial charge >= 0.3 is 5.97 Å². The predicted octanol–water partition coefficient (Wildman–Crippen LogP) is 2.33. The van der Waals surface area contributed by atoms with Crippen molar-refractivity contribution < 1.29 is 19.4 Å². The van der Waals surface area contributed by atoms with Gasteiger partial charge in [-0.2, -0.15) is 0 Å². The molecule has 1 amide bonds. The van der Waals surface area contributed by atoms with Crippen LogP contribution < -0.4 is 10.6 Å². The van der Waals surface area contributed by atoms with Gasteiger partial charge in [0.15, 0.2) is 6.10 Å². The highest BCUT2D eigenvalue weighted by Crippen LogP contribution is 2.24. The lowest BCUT2D eigenvalue weighted by Crippen LogP contribution is -2.46. The second-order valence-electron chi connectivity index (χ2n) is 6.62. The van der Waals surface area contributed by atoms with E-state index in [0.717, 1.165) is 19.3 Å². The minimum Gasteiger partial charge on any atom is -0.449 e. The number of rotatable bonds is 7. The predicted molar refractivity (Wildman–Crippen MR) is 96.5 cm³/mol. The molecule has 0 bridgehead atoms. The van der Waals surface area contributed by atoms with Crippen LogP contribution in [-0.2, 0) is 9.53 Å². The van der Waals surface area contributed by atoms with Crippen molar-refractivity contribution in [3.8, 4) is 0 Å². The number of carbonyl (C=O) groups is 2. The minimum atomic E-state index is -0.854. The standard InChI is InChI=1S/C19H28N2O4/c1-13-7-3-5-9-16(13)21-18(23)14(2)25-19(24)15-8-4-6-10-17(15)20-11-12-22/h4,6,8,10,13-14,16,20,22H,3,5,7,9,11-12H2,1-2H3,(H,21,23)/t13-,14+,16-/m0/s1. The fraction of sp³-hybridized carbons (Fsp3) is 0.579. The van der Waals surface area contributed by atoms with Gasteiger partial charge in [-0.15, -0.1) is 0 Å². The van der Waals surface area contributed by atoms with Gasteiger partial charge in [-0.25, -0.2) is 4.79 Å². The lowest BCUT2D eigenvalue weighted by molar-refractivity contribution is -0.130. The summed E-state index contributed by atoms with van der Waals surface area (Å²) in [5.41, 5.74) is 0.927. The summed E-state index contributed by atoms with van der Waals surface area (Å²) in [5, 5.41) is 14.9. The van der Waals surface area contributed by atoms with Crippen LogP contribution in [0.25, 0.3) is 0 Å². The molecule has 1 aromatic carbocycles. The van der Waals surface area contributed by atoms with Crippen molar-refractivity contribution in [2.24, 2.45) is 5.92 Å². The molecule has 3 N–H and O–H groups in total. The highest BCUT2D eigenvalue weighted by atomic mass is 16.5. The van der Waals surface area contributed by atoms with Crippen molar-refractivity contribution >= 4 is 17.6 Å². The molecule has 2 rings (SSSR count). The Labute approximate surface area is 149 Å². The maximum Gasteiger partial charge on any atom is 0.341 e. The molecule has 0 spiro atoms. The van der Waals surface area contributed by atoms with Gasteiger partial charge in [-0.3, -0.25) is 4.79 Å². The van der Waals surface area contributed by atoms with E-state index in [4.69, 9.17) is 9.84 Å². The fourth-order valence-electron chi connectivity index (χ4n) is 3.11. The van der Waals surface area contributed by atoms with Gasteiger partial charge in [0.25, 0.3) is 5.91 Å². The Morgan fingerprint density at radius 1 is 1.28 bits per heavy atom. The van der Waals surface area contributed by atoms with Gasteiger partial charge in [-0.1, -0.05) is 31.9 Å². The summed E-state index contributed by atoms with van der Waals surface area (Å²) >= 11 is 0. The average Bonchev–Trinajstić information content (AvgIpc) is 2.62. The van der Waals surface area contributed by atoms with Crippen LogP contribution in [0.15, 0.2) is 24.3 Å². The van der Waals surface area contributed by atoms with Crippen molar-refractivity contribution in [1.82, 2.24) is 5.32 Å². The Bertz CT molecular complexity index is 591. The number of hydrogen-bond donors (Lipinski definition) is 3. The number of para-hydroxylation sites is 1. The number of carbonyl (C=O) groups excluding carboxylic acids is 2. The smallest absolute Gasteiger partial charge is 0.341 e. The number of aliphatic hydroxyl groups excluding tert-OH is 1. The van der Waals surface area contributed by atoms with Crippen molar-refractivity contribution in [3.05, 3.63) is 29.8 Å². The Balaban J connectivity index is 1.94. The summed E-state index contributed by atoms with van der Waals surface area (Å²) in [4.78, 5) is 24.7. The number of nitrogens with one attached hydrogen (secondary N) is 2. The Morgan fingerprint density at radius 3 is 2.72 bits per heavy atom. The van der Waals surface area contributed by atoms with Gasteiger partial charge in [0, 0.05) is 18.3 Å². The van der Waals surface area contributed by atoms with Crippen LogP contribution >= 0.6 is 0 Å². The number of ether oxygens (including phenoxy) is 1. The summed E-state index contributed by atoms with van der Waals surface area (Å²) in [6, 6.07) is 7.05. The molecule has 0 unspecified atom stereocenters. The Morgan fingerprint density at radius 2 is 2.00 bits per heavy atom. The first-order valence-corrected chi connectivity index (χ1v) is 8.98. The number of aliphatic hydroxyl groups is 1. The van der Waals surface area contributed by atoms with Crippen molar-refractivity contribution in [2.75, 3.05) is 18.5 Å². The second kappa shape index (κ2) is 9.42. The molecule has 1 saturated carbocycles. The molecular formula is C19H28N2O4. The topological polar surface area (TPSA) is 87.7 Å². The third kappa shape index (κ3) is 5.46. The van der Waals surface area contributed by atoms with Crippen LogP contribution in [-0.4, -0.2) is 42.3 Å². The molecule has 0 saturated heterocycles. The monoisotopic (exact) mass is 348 g/mol. The van der Waals surface area contributed by atoms with E-state index in [0.29, 0.717) is 23.7 Å². The molecule has 6 nitrogen and oxygen atoms in total. The molecule has 0 heterocycles. The van der Waals surface area contributed by atoms with Crippen molar-refractivity contribution in [1.29, 1.82) is 0 Å². The van der Waals surface area contributed by atoms with Crippen LogP contribution in [0.1, 0.15) is 49.9 Å². The van der Waals surface area contributed by atoms with Crippen LogP contribution in [0.3, 0.4) is 0 Å². The fourth-order valence-corrected chi connectivity index (χ4v) is 3.11. The molecule has 1 aliphatic carbocycles. The van der Waals surface area contributed by atoms with Crippen LogP contribution in [0.4, 0.5) is 5.69 Å². The molecule has 138 valence electrons. The van der Waals surface area contributed by atoms with E-state index in [9.17, 15) is 9.59 Å². The van der Waals surface area contributed by atoms with E-state index in [1.807, 2.05) is 0 Å². The summed E-state index contributed by atoms with van der Waals surface area (Å²) in [6.45, 7) is 4.02. The van der Waals surface area contributed by atoms with Gasteiger partial charge in [0.2, 0.25) is 0 Å². The van der Waals surface area contributed by atoms with Gasteiger partial charge in [0.05, 0.1) is 12.2 Å². The molecule has 3 atom stereocenters. The average molecular weight is 348 g/mol. The van der Waals surface area contributed by atoms with E-state index < -0.39 is 12.1 Å². The molecule has 1 fully saturated rings. The van der Waals surface area contributed by atoms with E-state index in [2.05, 4.69) is 17.6 Å². The molecule has 6 heteroatoms. The van der Waals surface area contributed by atoms with Crippen LogP contribution in [0.5, 0.6) is 0 Å². The SMILES string of the molecule is C[C@@H](OC(=O)c1ccccc1NCCO)C(=O)N[C@H]1CCCC[C@@H]1C. The summed E-state index contributed by atoms with van der Waals surface area (Å²) in [7, 11) is 0. The zero-order chi connectivity index (χ0) is 18.2. The molecule has 1 aromatic rings. The molecule has 0 aromatic heterocycles. The third-order valence-electron chi connectivity index (χ3n) is 4.67. The summed E-state index contributed by atoms with van der Waals surface area (Å²) < 4.78 is 5.34. The van der Waals surface area contributed by atoms with Crippen molar-refractivity contribution in [2.45, 2.75) is 51.7 Å². The Hall–Kier alpha value is -2.08. The lowest BCUT2D eigenvalue weighted by Gasteiger charge is -2.30. The first kappa shape index (κ1) is 19.2. The normalized spacial score (nSPS) is 21.2. The molecular weight excluding hydrogens is 320 g/mol. The van der Waals surface area contributed by atoms with E-state index in [1.165, 1.54) is 6.42 Å². The zero-order valence-electron chi connectivity index (χ0n) is 15.0. The zero-order valence-corrected chi connectivity index (χ0v) is 15.0. The van der Waals surface area contributed by atoms with Gasteiger partial charge in [-0.05, 0) is 37.8 Å². The van der Waals surface area contributed by atoms with E-state index in [1.54, 1.807) is 31.2 Å². The second-order valence-corrected chi connectivity index (χ2v) is 6.62. The highest BCUT2D eigenvalue weighted by Gasteiger charge is 2.27. The van der Waals surface area contributed by atoms with Crippen LogP contribution in [0.2, 0.25) is 0 Å². The molecule has 0 radical (unpaired) electrons. The van der Waals surface area contributed by atoms with E-state index in [-0.39, 0.29) is 18.6 Å². The number of benzene rings is 1. The number of esters is 1. The largest absolute Gasteiger partial charge is 0.449 e. The van der Waals surface area contributed by atoms with Crippen LogP contribution in [0, 0.1) is 5.92 Å².